The van der Waals surface area contributed by atoms with Crippen LogP contribution in [-0.2, 0) is 9.53 Å². The molecule has 0 aromatic heterocycles. The zero-order valence-electron chi connectivity index (χ0n) is 25.9. The van der Waals surface area contributed by atoms with Crippen LogP contribution < -0.4 is 12.4 Å². The highest BCUT2D eigenvalue weighted by Crippen LogP contribution is 2.48. The topological polar surface area (TPSA) is 29.5 Å². The Bertz CT molecular complexity index is 1260. The number of hydrogen-bond acceptors (Lipinski definition) is 3. The summed E-state index contributed by atoms with van der Waals surface area (Å²) in [5.74, 6) is -0.986. The number of quaternary nitrogens is 1. The van der Waals surface area contributed by atoms with Gasteiger partial charge in [0.05, 0.1) is 31.0 Å². The van der Waals surface area contributed by atoms with Crippen molar-refractivity contribution in [3.8, 4) is 0 Å². The number of fused-ring (bicyclic) bond motifs is 1. The molecule has 0 bridgehead atoms. The molecule has 3 atom stereocenters. The molecular formula is C25H32Cl2N2O2. The van der Waals surface area contributed by atoms with Crippen molar-refractivity contribution in [1.29, 1.82) is 0 Å². The molecule has 1 saturated heterocycles. The predicted octanol–water partition coefficient (Wildman–Crippen LogP) is 1.98. The number of ether oxygens (including phenoxy) is 1. The summed E-state index contributed by atoms with van der Waals surface area (Å²) < 4.78 is 71.2. The van der Waals surface area contributed by atoms with Gasteiger partial charge >= 0.3 is 5.97 Å². The summed E-state index contributed by atoms with van der Waals surface area (Å²) >= 11 is 6.38. The van der Waals surface area contributed by atoms with Crippen LogP contribution >= 0.6 is 11.6 Å². The summed E-state index contributed by atoms with van der Waals surface area (Å²) in [5.41, 5.74) is 1.17. The third-order valence-electron chi connectivity index (χ3n) is 6.56. The molecule has 1 fully saturated rings. The second-order valence-electron chi connectivity index (χ2n) is 8.86. The fourth-order valence-corrected chi connectivity index (χ4v) is 4.88. The lowest BCUT2D eigenvalue weighted by Crippen LogP contribution is -3.00. The summed E-state index contributed by atoms with van der Waals surface area (Å²) in [7, 11) is 0. The van der Waals surface area contributed by atoms with Gasteiger partial charge in [-0.25, -0.2) is 0 Å². The van der Waals surface area contributed by atoms with E-state index in [9.17, 15) is 4.79 Å². The molecule has 1 aliphatic carbocycles. The van der Waals surface area contributed by atoms with E-state index in [0.29, 0.717) is 24.5 Å². The van der Waals surface area contributed by atoms with Crippen molar-refractivity contribution in [2.24, 2.45) is 0 Å². The summed E-state index contributed by atoms with van der Waals surface area (Å²) in [6.45, 7) is 3.28. The molecular weight excluding hydrogens is 431 g/mol. The van der Waals surface area contributed by atoms with E-state index < -0.39 is 30.4 Å². The van der Waals surface area contributed by atoms with Gasteiger partial charge in [-0.15, -0.1) is 0 Å². The van der Waals surface area contributed by atoms with E-state index in [1.165, 1.54) is 6.92 Å². The van der Waals surface area contributed by atoms with Crippen molar-refractivity contribution in [2.45, 2.75) is 44.7 Å². The molecule has 0 amide bonds. The van der Waals surface area contributed by atoms with Crippen LogP contribution in [0.3, 0.4) is 0 Å². The van der Waals surface area contributed by atoms with Crippen LogP contribution in [0.4, 0.5) is 0 Å². The highest BCUT2D eigenvalue weighted by Gasteiger charge is 2.49. The van der Waals surface area contributed by atoms with Gasteiger partial charge in [0.25, 0.3) is 0 Å². The standard InChI is InChI=1S/C25H32ClN2O2.ClH/c1-18(29)30-17-28(4)13-12-27(16-25(28,2)3)24-15-22(19-8-6-5-7-9-19)21-11-10-20(26)14-23(21)24;/h5-11,14,22,24H,12-13,15-17H2,1-4H3;1H/q+1;/p-1/t22-,24+,28-;/m0./s1/i4D3,5D,6D,7D,8D,9D;. The Morgan fingerprint density at radius 3 is 2.71 bits per heavy atom. The maximum absolute atomic E-state index is 11.6. The van der Waals surface area contributed by atoms with Gasteiger partial charge in [0.1, 0.15) is 5.54 Å². The third-order valence-corrected chi connectivity index (χ3v) is 6.79. The molecule has 4 nitrogen and oxygen atoms in total. The third kappa shape index (κ3) is 4.63. The van der Waals surface area contributed by atoms with E-state index in [1.807, 2.05) is 26.0 Å². The summed E-state index contributed by atoms with van der Waals surface area (Å²) in [4.78, 5) is 13.8. The van der Waals surface area contributed by atoms with Gasteiger partial charge in [0, 0.05) is 30.5 Å². The Balaban J connectivity index is 0.00000420. The number of halogens is 2. The first kappa shape index (κ1) is 15.3. The maximum atomic E-state index is 11.6. The second kappa shape index (κ2) is 9.11. The molecule has 31 heavy (non-hydrogen) atoms. The SMILES string of the molecule is [2H]c1c([2H])c([2H])c([C@@H]2C[C@@H](N3CC[N@+](COC(C)=O)(C([2H])([2H])[2H])C(C)(C)C3)c3cc(Cl)ccc32)c([2H])c1[2H].[Cl-]. The van der Waals surface area contributed by atoms with Gasteiger partial charge in [-0.3, -0.25) is 14.2 Å². The highest BCUT2D eigenvalue weighted by molar-refractivity contribution is 6.30. The molecule has 6 heteroatoms. The summed E-state index contributed by atoms with van der Waals surface area (Å²) in [5, 5.41) is 0.522. The Morgan fingerprint density at radius 2 is 2.06 bits per heavy atom. The highest BCUT2D eigenvalue weighted by atomic mass is 35.5. The van der Waals surface area contributed by atoms with Crippen LogP contribution in [0.5, 0.6) is 0 Å². The molecule has 0 N–H and O–H groups in total. The molecule has 2 aliphatic rings. The Morgan fingerprint density at radius 1 is 1.32 bits per heavy atom. The minimum Gasteiger partial charge on any atom is -1.00 e. The van der Waals surface area contributed by atoms with Crippen molar-refractivity contribution in [1.82, 2.24) is 4.90 Å². The molecule has 1 heterocycles. The van der Waals surface area contributed by atoms with Crippen molar-refractivity contribution in [3.05, 3.63) is 70.1 Å². The van der Waals surface area contributed by atoms with Gasteiger partial charge in [0.2, 0.25) is 6.73 Å². The second-order valence-corrected chi connectivity index (χ2v) is 9.29. The normalized spacial score (nSPS) is 31.4. The van der Waals surface area contributed by atoms with E-state index in [0.717, 1.165) is 11.1 Å². The van der Waals surface area contributed by atoms with Gasteiger partial charge in [-0.05, 0) is 49.1 Å². The number of rotatable bonds is 4. The lowest BCUT2D eigenvalue weighted by Gasteiger charge is -2.53. The number of esters is 1. The quantitative estimate of drug-likeness (QED) is 0.505. The number of carbonyl (C=O) groups excluding carboxylic acids is 1. The van der Waals surface area contributed by atoms with Crippen molar-refractivity contribution < 1.29 is 37.4 Å². The maximum Gasteiger partial charge on any atom is 0.306 e. The number of carbonyl (C=O) groups is 1. The average molecular weight is 471 g/mol. The van der Waals surface area contributed by atoms with Crippen LogP contribution in [0.2, 0.25) is 5.02 Å². The molecule has 2 aromatic rings. The summed E-state index contributed by atoms with van der Waals surface area (Å²) in [6.07, 6.45) is 0.456. The molecule has 0 spiro atoms. The minimum atomic E-state index is -2.42. The van der Waals surface area contributed by atoms with Crippen molar-refractivity contribution in [2.75, 3.05) is 33.3 Å². The number of benzene rings is 2. The molecule has 2 aromatic carbocycles. The zero-order chi connectivity index (χ0) is 28.4. The molecule has 4 rings (SSSR count). The van der Waals surface area contributed by atoms with E-state index in [2.05, 4.69) is 4.90 Å². The first-order chi connectivity index (χ1) is 17.5. The van der Waals surface area contributed by atoms with Crippen molar-refractivity contribution in [3.63, 3.8) is 0 Å². The fraction of sp³-hybridized carbons (Fsp3) is 0.480. The number of likely N-dealkylation sites (N-methyl/N-ethyl adjacent to an activating group) is 1. The first-order valence-corrected chi connectivity index (χ1v) is 10.5. The average Bonchev–Trinajstić information content (AvgIpc) is 3.17. The van der Waals surface area contributed by atoms with Crippen LogP contribution in [0, 0.1) is 0 Å². The Kier molecular flexibility index (Phi) is 4.49. The van der Waals surface area contributed by atoms with Crippen molar-refractivity contribution >= 4 is 17.6 Å². The first-order valence-electron chi connectivity index (χ1n) is 14.1. The van der Waals surface area contributed by atoms with Gasteiger partial charge in [0.15, 0.2) is 0 Å². The number of hydrogen-bond donors (Lipinski definition) is 0. The predicted molar refractivity (Wildman–Crippen MR) is 120 cm³/mol. The Hall–Kier alpha value is -1.59. The largest absolute Gasteiger partial charge is 1.00 e. The lowest BCUT2D eigenvalue weighted by molar-refractivity contribution is -0.974. The molecule has 1 aliphatic heterocycles. The van der Waals surface area contributed by atoms with Gasteiger partial charge in [-0.1, -0.05) is 47.9 Å². The summed E-state index contributed by atoms with van der Waals surface area (Å²) in [6, 6.07) is 3.61. The molecule has 168 valence electrons. The number of nitrogens with zero attached hydrogens (tertiary/aromatic N) is 2. The van der Waals surface area contributed by atoms with Crippen LogP contribution in [0.15, 0.2) is 48.4 Å². The molecule has 0 saturated carbocycles. The Labute approximate surface area is 208 Å². The molecule has 0 unspecified atom stereocenters. The smallest absolute Gasteiger partial charge is 0.306 e. The zero-order valence-corrected chi connectivity index (χ0v) is 19.4. The van der Waals surface area contributed by atoms with Gasteiger partial charge in [-0.2, -0.15) is 0 Å². The molecule has 0 radical (unpaired) electrons. The van der Waals surface area contributed by atoms with E-state index >= 15 is 0 Å². The number of piperazine rings is 1. The van der Waals surface area contributed by atoms with Crippen LogP contribution in [0.1, 0.15) is 66.8 Å². The van der Waals surface area contributed by atoms with Crippen LogP contribution in [-0.4, -0.2) is 54.2 Å². The van der Waals surface area contributed by atoms with E-state index in [4.69, 9.17) is 27.3 Å². The monoisotopic (exact) mass is 470 g/mol. The van der Waals surface area contributed by atoms with E-state index in [1.54, 1.807) is 6.07 Å². The fourth-order valence-electron chi connectivity index (χ4n) is 4.70. The minimum absolute atomic E-state index is 0. The lowest BCUT2D eigenvalue weighted by atomic mass is 9.92. The van der Waals surface area contributed by atoms with Crippen LogP contribution in [0.25, 0.3) is 0 Å². The van der Waals surface area contributed by atoms with Gasteiger partial charge < -0.3 is 17.1 Å². The van der Waals surface area contributed by atoms with E-state index in [-0.39, 0.29) is 65.9 Å².